The summed E-state index contributed by atoms with van der Waals surface area (Å²) in [6, 6.07) is -0.799. The van der Waals surface area contributed by atoms with Gasteiger partial charge in [-0.2, -0.15) is 0 Å². The topological polar surface area (TPSA) is 108 Å². The maximum absolute atomic E-state index is 13.0. The number of quaternary nitrogens is 1. The smallest absolute Gasteiger partial charge is 0.268 e. The molecular formula is C61H121N2O6P. The first-order valence-corrected chi connectivity index (χ1v) is 32.1. The van der Waals surface area contributed by atoms with Crippen LogP contribution >= 0.6 is 7.82 Å². The largest absolute Gasteiger partial charge is 0.756 e. The average molecular weight is 1010 g/mol. The fraction of sp³-hybridized carbons (Fsp3) is 0.918. The molecule has 0 aromatic carbocycles. The Bertz CT molecular complexity index is 1190. The summed E-state index contributed by atoms with van der Waals surface area (Å²) >= 11 is 0. The second-order valence-corrected chi connectivity index (χ2v) is 23.8. The number of aliphatic hydroxyl groups excluding tert-OH is 1. The van der Waals surface area contributed by atoms with Crippen molar-refractivity contribution in [2.75, 3.05) is 40.9 Å². The number of rotatable bonds is 57. The van der Waals surface area contributed by atoms with Gasteiger partial charge in [-0.15, -0.1) is 0 Å². The molecule has 0 heterocycles. The molecule has 0 radical (unpaired) electrons. The summed E-state index contributed by atoms with van der Waals surface area (Å²) in [7, 11) is 1.32. The molecule has 0 aliphatic heterocycles. The van der Waals surface area contributed by atoms with Crippen LogP contribution in [-0.4, -0.2) is 68.5 Å². The molecule has 3 unspecified atom stereocenters. The van der Waals surface area contributed by atoms with E-state index < -0.39 is 20.0 Å². The number of carbonyl (C=O) groups excluding carboxylic acids is 1. The van der Waals surface area contributed by atoms with Crippen molar-refractivity contribution in [2.24, 2.45) is 0 Å². The van der Waals surface area contributed by atoms with E-state index in [0.29, 0.717) is 23.9 Å². The third-order valence-corrected chi connectivity index (χ3v) is 15.2. The van der Waals surface area contributed by atoms with Gasteiger partial charge in [0.15, 0.2) is 0 Å². The second-order valence-electron chi connectivity index (χ2n) is 22.4. The van der Waals surface area contributed by atoms with E-state index in [2.05, 4.69) is 43.5 Å². The number of phosphoric ester groups is 1. The molecular weight excluding hydrogens is 888 g/mol. The molecule has 0 aromatic heterocycles. The summed E-state index contributed by atoms with van der Waals surface area (Å²) in [5.41, 5.74) is 0. The van der Waals surface area contributed by atoms with Gasteiger partial charge >= 0.3 is 0 Å². The van der Waals surface area contributed by atoms with E-state index in [1.54, 1.807) is 0 Å². The molecule has 0 spiro atoms. The van der Waals surface area contributed by atoms with Crippen LogP contribution in [0.15, 0.2) is 24.3 Å². The summed E-state index contributed by atoms with van der Waals surface area (Å²) in [5.74, 6) is -0.160. The van der Waals surface area contributed by atoms with Gasteiger partial charge in [-0.1, -0.05) is 282 Å². The number of unbranched alkanes of at least 4 members (excludes halogenated alkanes) is 40. The molecule has 2 N–H and O–H groups in total. The van der Waals surface area contributed by atoms with Crippen LogP contribution in [0.2, 0.25) is 0 Å². The second kappa shape index (κ2) is 52.8. The normalized spacial score (nSPS) is 14.0. The Balaban J connectivity index is 4.04. The molecule has 1 amide bonds. The predicted octanol–water partition coefficient (Wildman–Crippen LogP) is 18.1. The first kappa shape index (κ1) is 69.0. The number of amides is 1. The Morgan fingerprint density at radius 1 is 0.500 bits per heavy atom. The molecule has 0 bridgehead atoms. The molecule has 0 saturated heterocycles. The van der Waals surface area contributed by atoms with Crippen molar-refractivity contribution in [3.8, 4) is 0 Å². The summed E-state index contributed by atoms with van der Waals surface area (Å²) in [4.78, 5) is 25.5. The highest BCUT2D eigenvalue weighted by Crippen LogP contribution is 2.38. The van der Waals surface area contributed by atoms with Crippen LogP contribution in [0.5, 0.6) is 0 Å². The van der Waals surface area contributed by atoms with Crippen LogP contribution < -0.4 is 10.2 Å². The molecule has 0 aliphatic carbocycles. The standard InChI is InChI=1S/C61H121N2O6P/c1-6-8-10-12-14-16-18-20-22-24-25-26-27-28-29-30-31-32-33-34-35-36-37-39-41-43-45-47-49-51-53-55-61(65)62-59(58-69-70(66,67)68-57-56-63(3,4)5)60(64)54-52-50-48-46-44-42-40-38-23-21-19-17-15-13-11-9-7-2/h25-26,28-29,59-60,64H,6-24,27,30-58H2,1-5H3,(H-,62,65,66,67)/b26-25-,29-28-. The summed E-state index contributed by atoms with van der Waals surface area (Å²) < 4.78 is 23.4. The van der Waals surface area contributed by atoms with E-state index in [1.165, 1.54) is 238 Å². The summed E-state index contributed by atoms with van der Waals surface area (Å²) in [6.07, 6.45) is 66.5. The van der Waals surface area contributed by atoms with E-state index in [1.807, 2.05) is 21.1 Å². The Morgan fingerprint density at radius 3 is 1.19 bits per heavy atom. The van der Waals surface area contributed by atoms with Gasteiger partial charge in [0, 0.05) is 6.42 Å². The van der Waals surface area contributed by atoms with Crippen molar-refractivity contribution in [1.82, 2.24) is 5.32 Å². The van der Waals surface area contributed by atoms with Crippen molar-refractivity contribution < 1.29 is 32.9 Å². The van der Waals surface area contributed by atoms with Gasteiger partial charge in [0.1, 0.15) is 13.2 Å². The quantitative estimate of drug-likeness (QED) is 0.0272. The number of likely N-dealkylation sites (N-methyl/N-ethyl adjacent to an activating group) is 1. The van der Waals surface area contributed by atoms with E-state index in [4.69, 9.17) is 9.05 Å². The minimum absolute atomic E-state index is 0.0141. The van der Waals surface area contributed by atoms with E-state index in [-0.39, 0.29) is 19.1 Å². The number of nitrogens with zero attached hydrogens (tertiary/aromatic N) is 1. The van der Waals surface area contributed by atoms with Crippen molar-refractivity contribution in [3.63, 3.8) is 0 Å². The lowest BCUT2D eigenvalue weighted by Gasteiger charge is -2.30. The van der Waals surface area contributed by atoms with Gasteiger partial charge in [-0.05, 0) is 44.9 Å². The van der Waals surface area contributed by atoms with Gasteiger partial charge < -0.3 is 28.8 Å². The van der Waals surface area contributed by atoms with Gasteiger partial charge in [0.05, 0.1) is 39.9 Å². The molecule has 416 valence electrons. The molecule has 9 heteroatoms. The lowest BCUT2D eigenvalue weighted by atomic mass is 10.0. The van der Waals surface area contributed by atoms with Crippen LogP contribution in [0, 0.1) is 0 Å². The van der Waals surface area contributed by atoms with Gasteiger partial charge in [-0.3, -0.25) is 9.36 Å². The highest BCUT2D eigenvalue weighted by molar-refractivity contribution is 7.45. The van der Waals surface area contributed by atoms with E-state index >= 15 is 0 Å². The third-order valence-electron chi connectivity index (χ3n) is 14.2. The molecule has 70 heavy (non-hydrogen) atoms. The van der Waals surface area contributed by atoms with E-state index in [0.717, 1.165) is 44.9 Å². The van der Waals surface area contributed by atoms with Crippen molar-refractivity contribution in [1.29, 1.82) is 0 Å². The number of phosphoric acid groups is 1. The highest BCUT2D eigenvalue weighted by atomic mass is 31.2. The molecule has 0 saturated carbocycles. The highest BCUT2D eigenvalue weighted by Gasteiger charge is 2.24. The minimum atomic E-state index is -4.57. The lowest BCUT2D eigenvalue weighted by Crippen LogP contribution is -2.46. The molecule has 0 aromatic rings. The number of aliphatic hydroxyl groups is 1. The van der Waals surface area contributed by atoms with Crippen molar-refractivity contribution >= 4 is 13.7 Å². The fourth-order valence-corrected chi connectivity index (χ4v) is 10.1. The zero-order valence-corrected chi connectivity index (χ0v) is 48.4. The van der Waals surface area contributed by atoms with Gasteiger partial charge in [0.25, 0.3) is 7.82 Å². The lowest BCUT2D eigenvalue weighted by molar-refractivity contribution is -0.870. The summed E-state index contributed by atoms with van der Waals surface area (Å²) in [5, 5.41) is 14.0. The fourth-order valence-electron chi connectivity index (χ4n) is 9.37. The Labute approximate surface area is 436 Å². The predicted molar refractivity (Wildman–Crippen MR) is 302 cm³/mol. The van der Waals surface area contributed by atoms with Crippen LogP contribution in [0.4, 0.5) is 0 Å². The van der Waals surface area contributed by atoms with Gasteiger partial charge in [-0.25, -0.2) is 0 Å². The molecule has 0 rings (SSSR count). The average Bonchev–Trinajstić information content (AvgIpc) is 3.32. The Morgan fingerprint density at radius 2 is 0.829 bits per heavy atom. The van der Waals surface area contributed by atoms with Crippen LogP contribution in [-0.2, 0) is 18.4 Å². The summed E-state index contributed by atoms with van der Waals surface area (Å²) in [6.45, 7) is 4.76. The first-order valence-electron chi connectivity index (χ1n) is 30.7. The Kier molecular flexibility index (Phi) is 52.1. The van der Waals surface area contributed by atoms with Crippen LogP contribution in [0.1, 0.15) is 309 Å². The zero-order valence-electron chi connectivity index (χ0n) is 47.5. The molecule has 0 fully saturated rings. The third kappa shape index (κ3) is 54.7. The maximum atomic E-state index is 13.0. The number of carbonyl (C=O) groups is 1. The number of hydrogen-bond acceptors (Lipinski definition) is 6. The molecule has 3 atom stereocenters. The molecule has 0 aliphatic rings. The molecule has 8 nitrogen and oxygen atoms in total. The zero-order chi connectivity index (χ0) is 51.3. The van der Waals surface area contributed by atoms with Crippen molar-refractivity contribution in [3.05, 3.63) is 24.3 Å². The van der Waals surface area contributed by atoms with Crippen LogP contribution in [0.25, 0.3) is 0 Å². The van der Waals surface area contributed by atoms with E-state index in [9.17, 15) is 19.4 Å². The number of hydrogen-bond donors (Lipinski definition) is 2. The Hall–Kier alpha value is -1.02. The van der Waals surface area contributed by atoms with Crippen LogP contribution in [0.3, 0.4) is 0 Å². The minimum Gasteiger partial charge on any atom is -0.756 e. The monoisotopic (exact) mass is 1010 g/mol. The van der Waals surface area contributed by atoms with Crippen molar-refractivity contribution in [2.45, 2.75) is 321 Å². The number of allylic oxidation sites excluding steroid dienone is 4. The SMILES string of the molecule is CCCCCCCCCCC/C=C\C/C=C\CCCCCCCCCCCCCCCCCC(=O)NC(COP(=O)([O-])OCC[N+](C)(C)C)C(O)CCCCCCCCCCCCCCCCCCC. The van der Waals surface area contributed by atoms with Gasteiger partial charge in [0.2, 0.25) is 5.91 Å². The maximum Gasteiger partial charge on any atom is 0.268 e. The first-order chi connectivity index (χ1) is 34.0. The number of nitrogens with one attached hydrogen (secondary N) is 1.